The van der Waals surface area contributed by atoms with Crippen molar-refractivity contribution in [2.24, 2.45) is 0 Å². The van der Waals surface area contributed by atoms with E-state index < -0.39 is 6.61 Å². The number of carbonyl (C=O) groups is 1. The molecule has 1 aliphatic rings. The van der Waals surface area contributed by atoms with Gasteiger partial charge in [-0.05, 0) is 48.8 Å². The van der Waals surface area contributed by atoms with Crippen molar-refractivity contribution in [2.75, 3.05) is 0 Å². The minimum atomic E-state index is -2.90. The summed E-state index contributed by atoms with van der Waals surface area (Å²) in [5.41, 5.74) is 2.76. The lowest BCUT2D eigenvalue weighted by Gasteiger charge is -2.08. The first-order valence-electron chi connectivity index (χ1n) is 7.78. The second-order valence-corrected chi connectivity index (χ2v) is 6.55. The summed E-state index contributed by atoms with van der Waals surface area (Å²) in [7, 11) is 0. The number of allylic oxidation sites excluding steroid dienone is 2. The van der Waals surface area contributed by atoms with E-state index in [1.54, 1.807) is 24.3 Å². The highest BCUT2D eigenvalue weighted by Crippen LogP contribution is 2.32. The minimum Gasteiger partial charge on any atom is -0.434 e. The third kappa shape index (κ3) is 4.42. The fourth-order valence-corrected chi connectivity index (χ4v) is 2.99. The van der Waals surface area contributed by atoms with E-state index in [4.69, 9.17) is 0 Å². The maximum atomic E-state index is 12.6. The first-order chi connectivity index (χ1) is 12.0. The van der Waals surface area contributed by atoms with Gasteiger partial charge in [0.25, 0.3) is 0 Å². The average Bonchev–Trinajstić information content (AvgIpc) is 2.91. The van der Waals surface area contributed by atoms with Crippen LogP contribution in [0.1, 0.15) is 24.0 Å². The number of alkyl halides is 2. The summed E-state index contributed by atoms with van der Waals surface area (Å²) in [5.74, 6) is 0.0258. The molecule has 0 aliphatic heterocycles. The molecule has 5 heteroatoms. The molecule has 0 heterocycles. The van der Waals surface area contributed by atoms with Crippen molar-refractivity contribution < 1.29 is 18.3 Å². The van der Waals surface area contributed by atoms with Crippen LogP contribution in [0.4, 0.5) is 8.78 Å². The van der Waals surface area contributed by atoms with E-state index in [2.05, 4.69) is 20.7 Å². The molecule has 128 valence electrons. The fraction of sp³-hybridized carbons (Fsp3) is 0.150. The monoisotopic (exact) mass is 404 g/mol. The van der Waals surface area contributed by atoms with Gasteiger partial charge >= 0.3 is 6.61 Å². The highest BCUT2D eigenvalue weighted by atomic mass is 79.9. The number of ketones is 1. The Morgan fingerprint density at radius 1 is 0.960 bits per heavy atom. The SMILES string of the molecule is O=C1/C(=C\c2ccc(Br)cc2)CC/C1=C/c1ccccc1OC(F)F. The lowest BCUT2D eigenvalue weighted by Crippen LogP contribution is -2.03. The minimum absolute atomic E-state index is 0.0465. The summed E-state index contributed by atoms with van der Waals surface area (Å²) in [5, 5.41) is 0. The van der Waals surface area contributed by atoms with Crippen LogP contribution in [0, 0.1) is 0 Å². The van der Waals surface area contributed by atoms with Crippen LogP contribution in [0.2, 0.25) is 0 Å². The smallest absolute Gasteiger partial charge is 0.387 e. The Balaban J connectivity index is 1.85. The molecule has 0 saturated heterocycles. The second kappa shape index (κ2) is 7.74. The molecule has 3 rings (SSSR count). The largest absolute Gasteiger partial charge is 0.434 e. The van der Waals surface area contributed by atoms with E-state index in [1.807, 2.05) is 30.3 Å². The first kappa shape index (κ1) is 17.5. The van der Waals surface area contributed by atoms with Crippen molar-refractivity contribution in [1.29, 1.82) is 0 Å². The van der Waals surface area contributed by atoms with Crippen LogP contribution >= 0.6 is 15.9 Å². The molecule has 25 heavy (non-hydrogen) atoms. The number of halogens is 3. The zero-order valence-corrected chi connectivity index (χ0v) is 14.8. The van der Waals surface area contributed by atoms with Crippen LogP contribution in [0.25, 0.3) is 12.2 Å². The molecule has 1 saturated carbocycles. The molecular weight excluding hydrogens is 390 g/mol. The fourth-order valence-electron chi connectivity index (χ4n) is 2.73. The van der Waals surface area contributed by atoms with Crippen molar-refractivity contribution in [3.05, 3.63) is 75.3 Å². The maximum Gasteiger partial charge on any atom is 0.387 e. The van der Waals surface area contributed by atoms with Gasteiger partial charge in [-0.15, -0.1) is 0 Å². The van der Waals surface area contributed by atoms with E-state index in [-0.39, 0.29) is 11.5 Å². The van der Waals surface area contributed by atoms with E-state index in [0.29, 0.717) is 24.0 Å². The summed E-state index contributed by atoms with van der Waals surface area (Å²) < 4.78 is 30.5. The Hall–Kier alpha value is -2.27. The standard InChI is InChI=1S/C20H15BrF2O2/c21-17-9-5-13(6-10-17)11-15-7-8-16(19(15)24)12-14-3-1-2-4-18(14)25-20(22)23/h1-6,9-12,20H,7-8H2/b15-11-,16-12-. The number of ether oxygens (including phenoxy) is 1. The zero-order chi connectivity index (χ0) is 17.8. The predicted octanol–water partition coefficient (Wildman–Crippen LogP) is 5.88. The van der Waals surface area contributed by atoms with Crippen LogP contribution in [0.15, 0.2) is 64.1 Å². The number of hydrogen-bond donors (Lipinski definition) is 0. The van der Waals surface area contributed by atoms with Gasteiger partial charge in [-0.1, -0.05) is 46.3 Å². The number of carbonyl (C=O) groups excluding carboxylic acids is 1. The summed E-state index contributed by atoms with van der Waals surface area (Å²) >= 11 is 3.38. The van der Waals surface area contributed by atoms with E-state index >= 15 is 0 Å². The lowest BCUT2D eigenvalue weighted by molar-refractivity contribution is -0.111. The van der Waals surface area contributed by atoms with Gasteiger partial charge in [-0.25, -0.2) is 0 Å². The zero-order valence-electron chi connectivity index (χ0n) is 13.2. The highest BCUT2D eigenvalue weighted by molar-refractivity contribution is 9.10. The normalized spacial score (nSPS) is 17.7. The molecule has 0 spiro atoms. The van der Waals surface area contributed by atoms with E-state index in [9.17, 15) is 13.6 Å². The van der Waals surface area contributed by atoms with Gasteiger partial charge in [-0.2, -0.15) is 8.78 Å². The molecule has 0 amide bonds. The molecule has 2 nitrogen and oxygen atoms in total. The molecule has 0 bridgehead atoms. The third-order valence-corrected chi connectivity index (χ3v) is 4.45. The molecule has 1 aliphatic carbocycles. The van der Waals surface area contributed by atoms with Gasteiger partial charge in [0.2, 0.25) is 0 Å². The highest BCUT2D eigenvalue weighted by Gasteiger charge is 2.23. The van der Waals surface area contributed by atoms with Gasteiger partial charge in [0.1, 0.15) is 5.75 Å². The van der Waals surface area contributed by atoms with Crippen LogP contribution in [0.5, 0.6) is 5.75 Å². The number of hydrogen-bond acceptors (Lipinski definition) is 2. The molecule has 0 unspecified atom stereocenters. The van der Waals surface area contributed by atoms with Crippen LogP contribution in [-0.2, 0) is 4.79 Å². The van der Waals surface area contributed by atoms with Crippen molar-refractivity contribution in [1.82, 2.24) is 0 Å². The van der Waals surface area contributed by atoms with E-state index in [1.165, 1.54) is 6.07 Å². The summed E-state index contributed by atoms with van der Waals surface area (Å²) in [6.07, 6.45) is 4.74. The molecule has 0 N–H and O–H groups in total. The summed E-state index contributed by atoms with van der Waals surface area (Å²) in [4.78, 5) is 12.6. The Labute approximate surface area is 152 Å². The number of Topliss-reactive ketones (excluding diaryl/α,β-unsaturated/α-hetero) is 1. The average molecular weight is 405 g/mol. The van der Waals surface area contributed by atoms with Gasteiger partial charge in [0.05, 0.1) is 0 Å². The predicted molar refractivity (Wildman–Crippen MR) is 97.4 cm³/mol. The molecule has 0 aromatic heterocycles. The van der Waals surface area contributed by atoms with Crippen LogP contribution in [-0.4, -0.2) is 12.4 Å². The molecule has 2 aromatic carbocycles. The number of para-hydroxylation sites is 1. The van der Waals surface area contributed by atoms with Crippen molar-refractivity contribution in [3.8, 4) is 5.75 Å². The molecule has 1 fully saturated rings. The Bertz CT molecular complexity index is 839. The number of rotatable bonds is 4. The summed E-state index contributed by atoms with van der Waals surface area (Å²) in [6.45, 7) is -2.90. The van der Waals surface area contributed by atoms with Gasteiger partial charge < -0.3 is 4.74 Å². The Morgan fingerprint density at radius 3 is 2.28 bits per heavy atom. The quantitative estimate of drug-likeness (QED) is 0.594. The number of benzene rings is 2. The third-order valence-electron chi connectivity index (χ3n) is 3.92. The first-order valence-corrected chi connectivity index (χ1v) is 8.57. The second-order valence-electron chi connectivity index (χ2n) is 5.64. The van der Waals surface area contributed by atoms with Gasteiger partial charge in [0, 0.05) is 21.2 Å². The molecular formula is C20H15BrF2O2. The Kier molecular flexibility index (Phi) is 5.43. The van der Waals surface area contributed by atoms with Crippen molar-refractivity contribution in [3.63, 3.8) is 0 Å². The molecule has 0 radical (unpaired) electrons. The van der Waals surface area contributed by atoms with Crippen molar-refractivity contribution >= 4 is 33.9 Å². The maximum absolute atomic E-state index is 12.6. The topological polar surface area (TPSA) is 26.3 Å². The van der Waals surface area contributed by atoms with E-state index in [0.717, 1.165) is 15.6 Å². The van der Waals surface area contributed by atoms with Crippen molar-refractivity contribution in [2.45, 2.75) is 19.5 Å². The van der Waals surface area contributed by atoms with Gasteiger partial charge in [0.15, 0.2) is 5.78 Å². The summed E-state index contributed by atoms with van der Waals surface area (Å²) in [6, 6.07) is 14.2. The lowest BCUT2D eigenvalue weighted by atomic mass is 10.1. The van der Waals surface area contributed by atoms with Gasteiger partial charge in [-0.3, -0.25) is 4.79 Å². The molecule has 0 atom stereocenters. The Morgan fingerprint density at radius 2 is 1.60 bits per heavy atom. The van der Waals surface area contributed by atoms with Crippen LogP contribution < -0.4 is 4.74 Å². The van der Waals surface area contributed by atoms with Crippen LogP contribution in [0.3, 0.4) is 0 Å². The molecule has 2 aromatic rings.